The maximum absolute atomic E-state index is 12.9. The molecule has 2 aliphatic heterocycles. The fourth-order valence-corrected chi connectivity index (χ4v) is 4.59. The Bertz CT molecular complexity index is 739. The lowest BCUT2D eigenvalue weighted by molar-refractivity contribution is -0.143. The number of hydrogen-bond acceptors (Lipinski definition) is 4. The largest absolute Gasteiger partial charge is 0.341 e. The van der Waals surface area contributed by atoms with E-state index < -0.39 is 0 Å². The molecule has 5 nitrogen and oxygen atoms in total. The zero-order chi connectivity index (χ0) is 16.0. The summed E-state index contributed by atoms with van der Waals surface area (Å²) in [6.45, 7) is 4.22. The number of amides is 2. The first-order chi connectivity index (χ1) is 11.2. The number of carbonyl (C=O) groups is 2. The minimum Gasteiger partial charge on any atom is -0.341 e. The number of likely N-dealkylation sites (N-methyl/N-ethyl adjacent to an activating group) is 1. The summed E-state index contributed by atoms with van der Waals surface area (Å²) in [6.07, 6.45) is 1.77. The van der Waals surface area contributed by atoms with E-state index in [1.165, 1.54) is 11.3 Å². The first-order valence-electron chi connectivity index (χ1n) is 8.12. The van der Waals surface area contributed by atoms with Gasteiger partial charge in [0.05, 0.1) is 10.2 Å². The molecule has 2 amide bonds. The SMILES string of the molecule is CCN1C[C@H]2CCN(C(=O)c3nc4ccccc4s3)[C@H](C2)C1=O. The van der Waals surface area contributed by atoms with E-state index in [1.54, 1.807) is 4.90 Å². The van der Waals surface area contributed by atoms with Crippen LogP contribution in [0.2, 0.25) is 0 Å². The van der Waals surface area contributed by atoms with Gasteiger partial charge in [-0.2, -0.15) is 0 Å². The third-order valence-corrected chi connectivity index (χ3v) is 5.93. The Hall–Kier alpha value is -1.95. The van der Waals surface area contributed by atoms with Crippen LogP contribution in [-0.2, 0) is 4.79 Å². The lowest BCUT2D eigenvalue weighted by Gasteiger charge is -2.45. The molecule has 2 atom stereocenters. The number of para-hydroxylation sites is 1. The Balaban J connectivity index is 1.63. The van der Waals surface area contributed by atoms with Gasteiger partial charge in [0.15, 0.2) is 5.01 Å². The number of aromatic nitrogens is 1. The van der Waals surface area contributed by atoms with Gasteiger partial charge in [0.1, 0.15) is 6.04 Å². The molecular weight excluding hydrogens is 310 g/mol. The summed E-state index contributed by atoms with van der Waals surface area (Å²) in [7, 11) is 0. The molecule has 2 aromatic rings. The number of hydrogen-bond donors (Lipinski definition) is 0. The van der Waals surface area contributed by atoms with Crippen LogP contribution in [0.15, 0.2) is 24.3 Å². The topological polar surface area (TPSA) is 53.5 Å². The minimum atomic E-state index is -0.304. The van der Waals surface area contributed by atoms with Gasteiger partial charge in [-0.1, -0.05) is 12.1 Å². The fourth-order valence-electron chi connectivity index (χ4n) is 3.67. The molecule has 4 rings (SSSR count). The quantitative estimate of drug-likeness (QED) is 0.850. The zero-order valence-electron chi connectivity index (χ0n) is 13.1. The standard InChI is InChI=1S/C17H19N3O2S/c1-2-19-10-11-7-8-20(13(9-11)16(19)21)17(22)15-18-12-5-3-4-6-14(12)23-15/h3-6,11,13H,2,7-10H2,1H3/t11-,13+/m0/s1. The molecule has 2 saturated heterocycles. The summed E-state index contributed by atoms with van der Waals surface area (Å²) in [5.74, 6) is 0.524. The number of thiazole rings is 1. The van der Waals surface area contributed by atoms with Crippen LogP contribution in [0.4, 0.5) is 0 Å². The van der Waals surface area contributed by atoms with Crippen molar-refractivity contribution < 1.29 is 9.59 Å². The maximum Gasteiger partial charge on any atom is 0.283 e. The third kappa shape index (κ3) is 2.41. The molecule has 0 aliphatic carbocycles. The van der Waals surface area contributed by atoms with Crippen molar-refractivity contribution in [2.45, 2.75) is 25.8 Å². The van der Waals surface area contributed by atoms with Gasteiger partial charge in [-0.05, 0) is 37.8 Å². The van der Waals surface area contributed by atoms with Crippen LogP contribution in [0.25, 0.3) is 10.2 Å². The summed E-state index contributed by atoms with van der Waals surface area (Å²) in [4.78, 5) is 33.6. The van der Waals surface area contributed by atoms with Crippen LogP contribution >= 0.6 is 11.3 Å². The summed E-state index contributed by atoms with van der Waals surface area (Å²) in [5.41, 5.74) is 0.848. The van der Waals surface area contributed by atoms with Gasteiger partial charge in [-0.15, -0.1) is 11.3 Å². The van der Waals surface area contributed by atoms with Gasteiger partial charge in [-0.3, -0.25) is 9.59 Å². The van der Waals surface area contributed by atoms with Crippen molar-refractivity contribution in [3.05, 3.63) is 29.3 Å². The number of nitrogens with zero attached hydrogens (tertiary/aromatic N) is 3. The van der Waals surface area contributed by atoms with E-state index in [0.29, 0.717) is 17.5 Å². The Morgan fingerprint density at radius 2 is 2.22 bits per heavy atom. The Kier molecular flexibility index (Phi) is 3.56. The van der Waals surface area contributed by atoms with Crippen molar-refractivity contribution in [1.82, 2.24) is 14.8 Å². The second kappa shape index (κ2) is 5.60. The Morgan fingerprint density at radius 1 is 1.39 bits per heavy atom. The van der Waals surface area contributed by atoms with Crippen molar-refractivity contribution in [3.63, 3.8) is 0 Å². The highest BCUT2D eigenvalue weighted by atomic mass is 32.1. The summed E-state index contributed by atoms with van der Waals surface area (Å²) < 4.78 is 1.01. The van der Waals surface area contributed by atoms with Crippen LogP contribution < -0.4 is 0 Å². The molecule has 0 saturated carbocycles. The van der Waals surface area contributed by atoms with Crippen LogP contribution in [-0.4, -0.2) is 52.3 Å². The van der Waals surface area contributed by atoms with E-state index in [9.17, 15) is 9.59 Å². The van der Waals surface area contributed by atoms with Crippen molar-refractivity contribution in [2.75, 3.05) is 19.6 Å². The fraction of sp³-hybridized carbons (Fsp3) is 0.471. The van der Waals surface area contributed by atoms with Crippen molar-refractivity contribution in [3.8, 4) is 0 Å². The zero-order valence-corrected chi connectivity index (χ0v) is 13.9. The summed E-state index contributed by atoms with van der Waals surface area (Å²) in [5, 5.41) is 0.492. The van der Waals surface area contributed by atoms with Crippen LogP contribution in [0.5, 0.6) is 0 Å². The number of likely N-dealkylation sites (tertiary alicyclic amines) is 2. The molecule has 0 unspecified atom stereocenters. The molecule has 2 fully saturated rings. The van der Waals surface area contributed by atoms with Gasteiger partial charge in [0.2, 0.25) is 5.91 Å². The normalized spacial score (nSPS) is 24.3. The Labute approximate surface area is 138 Å². The average molecular weight is 329 g/mol. The number of piperidine rings is 2. The van der Waals surface area contributed by atoms with E-state index in [2.05, 4.69) is 4.98 Å². The average Bonchev–Trinajstić information content (AvgIpc) is 3.01. The maximum atomic E-state index is 12.9. The van der Waals surface area contributed by atoms with Crippen molar-refractivity contribution >= 4 is 33.4 Å². The molecule has 2 aliphatic rings. The number of rotatable bonds is 2. The van der Waals surface area contributed by atoms with Gasteiger partial charge in [0.25, 0.3) is 5.91 Å². The highest BCUT2D eigenvalue weighted by Gasteiger charge is 2.43. The van der Waals surface area contributed by atoms with Crippen LogP contribution in [0.1, 0.15) is 29.6 Å². The van der Waals surface area contributed by atoms with E-state index in [4.69, 9.17) is 0 Å². The summed E-state index contributed by atoms with van der Waals surface area (Å²) >= 11 is 1.41. The third-order valence-electron chi connectivity index (χ3n) is 4.91. The molecular formula is C17H19N3O2S. The molecule has 6 heteroatoms. The van der Waals surface area contributed by atoms with E-state index in [-0.39, 0.29) is 17.9 Å². The lowest BCUT2D eigenvalue weighted by Crippen LogP contribution is -2.60. The molecule has 0 radical (unpaired) electrons. The number of benzene rings is 1. The molecule has 120 valence electrons. The smallest absolute Gasteiger partial charge is 0.283 e. The second-order valence-corrected chi connectivity index (χ2v) is 7.30. The molecule has 0 spiro atoms. The summed E-state index contributed by atoms with van der Waals surface area (Å²) in [6, 6.07) is 7.46. The molecule has 1 aromatic heterocycles. The van der Waals surface area contributed by atoms with Gasteiger partial charge in [0, 0.05) is 19.6 Å². The van der Waals surface area contributed by atoms with Crippen molar-refractivity contribution in [1.29, 1.82) is 0 Å². The van der Waals surface area contributed by atoms with Gasteiger partial charge < -0.3 is 9.80 Å². The molecule has 23 heavy (non-hydrogen) atoms. The van der Waals surface area contributed by atoms with E-state index in [1.807, 2.05) is 36.1 Å². The van der Waals surface area contributed by atoms with E-state index >= 15 is 0 Å². The molecule has 3 heterocycles. The van der Waals surface area contributed by atoms with Gasteiger partial charge >= 0.3 is 0 Å². The van der Waals surface area contributed by atoms with Crippen LogP contribution in [0.3, 0.4) is 0 Å². The molecule has 1 aromatic carbocycles. The number of carbonyl (C=O) groups excluding carboxylic acids is 2. The Morgan fingerprint density at radius 3 is 3.00 bits per heavy atom. The van der Waals surface area contributed by atoms with Crippen LogP contribution in [0, 0.1) is 5.92 Å². The monoisotopic (exact) mass is 329 g/mol. The highest BCUT2D eigenvalue weighted by molar-refractivity contribution is 7.20. The minimum absolute atomic E-state index is 0.0953. The first-order valence-corrected chi connectivity index (χ1v) is 8.94. The predicted octanol–water partition coefficient (Wildman–Crippen LogP) is 2.38. The second-order valence-electron chi connectivity index (χ2n) is 6.27. The first kappa shape index (κ1) is 14.6. The highest BCUT2D eigenvalue weighted by Crippen LogP contribution is 2.32. The number of fused-ring (bicyclic) bond motifs is 3. The van der Waals surface area contributed by atoms with E-state index in [0.717, 1.165) is 36.1 Å². The molecule has 0 N–H and O–H groups in total. The van der Waals surface area contributed by atoms with Gasteiger partial charge in [-0.25, -0.2) is 4.98 Å². The lowest BCUT2D eigenvalue weighted by atomic mass is 9.86. The van der Waals surface area contributed by atoms with Crippen molar-refractivity contribution in [2.24, 2.45) is 5.92 Å². The predicted molar refractivity (Wildman–Crippen MR) is 89.4 cm³/mol. The molecule has 2 bridgehead atoms.